The first kappa shape index (κ1) is 30.5. The van der Waals surface area contributed by atoms with E-state index in [0.29, 0.717) is 37.9 Å². The summed E-state index contributed by atoms with van der Waals surface area (Å²) in [7, 11) is 0. The topological polar surface area (TPSA) is 125 Å². The maximum Gasteiger partial charge on any atom is 0.407 e. The highest BCUT2D eigenvalue weighted by Crippen LogP contribution is 2.46. The van der Waals surface area contributed by atoms with Crippen molar-refractivity contribution in [3.8, 4) is 0 Å². The molecule has 1 aromatic rings. The first-order chi connectivity index (χ1) is 19.6. The average Bonchev–Trinajstić information content (AvgIpc) is 3.19. The zero-order valence-electron chi connectivity index (χ0n) is 24.6. The third kappa shape index (κ3) is 7.65. The van der Waals surface area contributed by atoms with Gasteiger partial charge >= 0.3 is 6.09 Å². The Kier molecular flexibility index (Phi) is 10.0. The number of hydrogen-bond acceptors (Lipinski definition) is 6. The molecule has 0 radical (unpaired) electrons. The van der Waals surface area contributed by atoms with Crippen LogP contribution in [0.2, 0.25) is 0 Å². The maximum absolute atomic E-state index is 13.3. The van der Waals surface area contributed by atoms with Gasteiger partial charge in [-0.2, -0.15) is 0 Å². The Morgan fingerprint density at radius 3 is 2.32 bits per heavy atom. The van der Waals surface area contributed by atoms with Gasteiger partial charge in [-0.3, -0.25) is 24.5 Å². The van der Waals surface area contributed by atoms with Gasteiger partial charge in [0.15, 0.2) is 0 Å². The monoisotopic (exact) mass is 568 g/mol. The van der Waals surface area contributed by atoms with Crippen molar-refractivity contribution in [3.63, 3.8) is 0 Å². The van der Waals surface area contributed by atoms with Gasteiger partial charge in [0.2, 0.25) is 17.7 Å². The van der Waals surface area contributed by atoms with Crippen LogP contribution < -0.4 is 15.5 Å². The van der Waals surface area contributed by atoms with Crippen molar-refractivity contribution >= 4 is 35.4 Å². The van der Waals surface area contributed by atoms with Crippen LogP contribution in [0.4, 0.5) is 10.5 Å². The zero-order valence-corrected chi connectivity index (χ0v) is 24.6. The lowest BCUT2D eigenvalue weighted by atomic mass is 9.93. The average molecular weight is 569 g/mol. The lowest BCUT2D eigenvalue weighted by Crippen LogP contribution is -2.54. The highest BCUT2D eigenvalue weighted by Gasteiger charge is 2.48. The molecule has 0 spiro atoms. The Labute approximate surface area is 242 Å². The number of ether oxygens (including phenoxy) is 1. The molecule has 2 unspecified atom stereocenters. The lowest BCUT2D eigenvalue weighted by Gasteiger charge is -2.39. The van der Waals surface area contributed by atoms with Crippen molar-refractivity contribution in [2.24, 2.45) is 0 Å². The molecule has 1 saturated heterocycles. The van der Waals surface area contributed by atoms with Crippen LogP contribution in [0.3, 0.4) is 0 Å². The highest BCUT2D eigenvalue weighted by molar-refractivity contribution is 6.08. The molecule has 224 valence electrons. The number of hydrogen-bond donors (Lipinski definition) is 2. The molecule has 0 bridgehead atoms. The summed E-state index contributed by atoms with van der Waals surface area (Å²) in [5.41, 5.74) is 1.68. The number of piperidine rings is 1. The second kappa shape index (κ2) is 13.5. The Hall–Kier alpha value is -3.43. The quantitative estimate of drug-likeness (QED) is 0.277. The molecule has 3 aliphatic rings. The molecule has 0 aromatic heterocycles. The van der Waals surface area contributed by atoms with E-state index >= 15 is 0 Å². The molecule has 2 N–H and O–H groups in total. The molecule has 1 aromatic carbocycles. The smallest absolute Gasteiger partial charge is 0.407 e. The molecule has 41 heavy (non-hydrogen) atoms. The predicted octanol–water partition coefficient (Wildman–Crippen LogP) is 4.76. The van der Waals surface area contributed by atoms with Crippen molar-refractivity contribution in [2.75, 3.05) is 18.0 Å². The van der Waals surface area contributed by atoms with Crippen LogP contribution in [0.25, 0.3) is 0 Å². The van der Waals surface area contributed by atoms with Gasteiger partial charge in [-0.05, 0) is 58.6 Å². The number of imide groups is 1. The van der Waals surface area contributed by atoms with Crippen LogP contribution in [0, 0.1) is 0 Å². The number of amides is 5. The molecule has 4 rings (SSSR count). The second-order valence-corrected chi connectivity index (χ2v) is 12.3. The van der Waals surface area contributed by atoms with Gasteiger partial charge in [-0.1, -0.05) is 44.6 Å². The van der Waals surface area contributed by atoms with Crippen LogP contribution in [0.5, 0.6) is 0 Å². The number of anilines is 1. The zero-order chi connectivity index (χ0) is 29.6. The third-order valence-electron chi connectivity index (χ3n) is 7.97. The fourth-order valence-corrected chi connectivity index (χ4v) is 6.07. The summed E-state index contributed by atoms with van der Waals surface area (Å²) in [6, 6.07) is 4.55. The van der Waals surface area contributed by atoms with Gasteiger partial charge in [-0.15, -0.1) is 0 Å². The number of unbranched alkanes of at least 4 members (excludes halogenated alkanes) is 7. The van der Waals surface area contributed by atoms with E-state index in [4.69, 9.17) is 4.74 Å². The molecule has 10 nitrogen and oxygen atoms in total. The Balaban J connectivity index is 1.16. The largest absolute Gasteiger partial charge is 0.444 e. The summed E-state index contributed by atoms with van der Waals surface area (Å²) in [5, 5.41) is 5.16. The molecule has 5 amide bonds. The number of nitrogens with zero attached hydrogens (tertiary/aromatic N) is 2. The fraction of sp³-hybridized carbons (Fsp3) is 0.645. The molecule has 0 aliphatic carbocycles. The summed E-state index contributed by atoms with van der Waals surface area (Å²) in [5.74, 6) is -0.852. The van der Waals surface area contributed by atoms with Crippen LogP contribution >= 0.6 is 0 Å². The van der Waals surface area contributed by atoms with Gasteiger partial charge in [0, 0.05) is 42.7 Å². The van der Waals surface area contributed by atoms with E-state index < -0.39 is 17.6 Å². The van der Waals surface area contributed by atoms with Crippen molar-refractivity contribution in [1.29, 1.82) is 0 Å². The van der Waals surface area contributed by atoms with E-state index in [-0.39, 0.29) is 36.3 Å². The van der Waals surface area contributed by atoms with E-state index in [2.05, 4.69) is 10.6 Å². The van der Waals surface area contributed by atoms with Crippen molar-refractivity contribution in [2.45, 2.75) is 116 Å². The summed E-state index contributed by atoms with van der Waals surface area (Å²) in [4.78, 5) is 65.8. The minimum absolute atomic E-state index is 0.0706. The number of carbonyl (C=O) groups excluding carboxylic acids is 5. The number of carbonyl (C=O) groups is 5. The highest BCUT2D eigenvalue weighted by atomic mass is 16.6. The van der Waals surface area contributed by atoms with E-state index in [1.165, 1.54) is 0 Å². The normalized spacial score (nSPS) is 20.1. The van der Waals surface area contributed by atoms with Crippen LogP contribution in [-0.2, 0) is 19.1 Å². The van der Waals surface area contributed by atoms with Crippen LogP contribution in [0.1, 0.15) is 120 Å². The van der Waals surface area contributed by atoms with Gasteiger partial charge < -0.3 is 19.9 Å². The third-order valence-corrected chi connectivity index (χ3v) is 7.97. The SMILES string of the molecule is CC(C)(C)OC(=O)NCCCCCCCCCCC(=O)N1CCC2c3c(cccc31)C(=O)N2C1CCC(=O)NC1=O. The van der Waals surface area contributed by atoms with Crippen LogP contribution in [-0.4, -0.2) is 59.4 Å². The minimum atomic E-state index is -0.665. The maximum atomic E-state index is 13.3. The van der Waals surface area contributed by atoms with E-state index in [1.807, 2.05) is 31.7 Å². The van der Waals surface area contributed by atoms with Gasteiger partial charge in [-0.25, -0.2) is 4.79 Å². The molecular weight excluding hydrogens is 524 g/mol. The Morgan fingerprint density at radius 1 is 0.951 bits per heavy atom. The second-order valence-electron chi connectivity index (χ2n) is 12.3. The molecule has 3 heterocycles. The number of alkyl carbamates (subject to hydrolysis) is 1. The minimum Gasteiger partial charge on any atom is -0.444 e. The molecule has 10 heteroatoms. The molecule has 3 aliphatic heterocycles. The number of benzene rings is 1. The summed E-state index contributed by atoms with van der Waals surface area (Å²) in [6.07, 6.45) is 9.52. The first-order valence-corrected chi connectivity index (χ1v) is 15.1. The Morgan fingerprint density at radius 2 is 1.63 bits per heavy atom. The number of nitrogens with one attached hydrogen (secondary N) is 2. The van der Waals surface area contributed by atoms with E-state index in [1.54, 1.807) is 17.0 Å². The van der Waals surface area contributed by atoms with Crippen molar-refractivity contribution < 1.29 is 28.7 Å². The van der Waals surface area contributed by atoms with Crippen molar-refractivity contribution in [3.05, 3.63) is 29.3 Å². The summed E-state index contributed by atoms with van der Waals surface area (Å²) >= 11 is 0. The summed E-state index contributed by atoms with van der Waals surface area (Å²) < 4.78 is 5.23. The fourth-order valence-electron chi connectivity index (χ4n) is 6.07. The summed E-state index contributed by atoms with van der Waals surface area (Å²) in [6.45, 7) is 6.67. The first-order valence-electron chi connectivity index (χ1n) is 15.1. The predicted molar refractivity (Wildman–Crippen MR) is 154 cm³/mol. The molecule has 2 atom stereocenters. The van der Waals surface area contributed by atoms with Gasteiger partial charge in [0.25, 0.3) is 5.91 Å². The molecular formula is C31H44N4O6. The van der Waals surface area contributed by atoms with Crippen molar-refractivity contribution in [1.82, 2.24) is 15.5 Å². The van der Waals surface area contributed by atoms with E-state index in [0.717, 1.165) is 62.6 Å². The molecule has 0 saturated carbocycles. The standard InChI is InChI=1S/C31H44N4O6/c1-31(2,3)41-30(40)32-19-11-9-7-5-4-6-8-10-15-26(37)34-20-18-23-27-21(13-12-14-22(27)34)29(39)35(23)24-16-17-25(36)33-28(24)38/h12-14,23-24H,4-11,15-20H2,1-3H3,(H,32,40)(H,33,36,38). The lowest BCUT2D eigenvalue weighted by molar-refractivity contribution is -0.137. The van der Waals surface area contributed by atoms with E-state index in [9.17, 15) is 24.0 Å². The number of rotatable bonds is 12. The Bertz CT molecular complexity index is 1160. The van der Waals surface area contributed by atoms with Gasteiger partial charge in [0.1, 0.15) is 11.6 Å². The molecule has 1 fully saturated rings. The van der Waals surface area contributed by atoms with Crippen LogP contribution in [0.15, 0.2) is 18.2 Å². The van der Waals surface area contributed by atoms with Gasteiger partial charge in [0.05, 0.1) is 6.04 Å².